The third-order valence-corrected chi connectivity index (χ3v) is 3.17. The van der Waals surface area contributed by atoms with E-state index in [1.54, 1.807) is 42.5 Å². The van der Waals surface area contributed by atoms with Crippen LogP contribution in [-0.2, 0) is 9.59 Å². The van der Waals surface area contributed by atoms with Gasteiger partial charge in [-0.2, -0.15) is 0 Å². The number of carbonyl (C=O) groups excluding carboxylic acids is 2. The van der Waals surface area contributed by atoms with Gasteiger partial charge in [0.1, 0.15) is 11.5 Å². The highest BCUT2D eigenvalue weighted by Crippen LogP contribution is 2.18. The van der Waals surface area contributed by atoms with Crippen LogP contribution in [-0.4, -0.2) is 11.9 Å². The van der Waals surface area contributed by atoms with Gasteiger partial charge in [-0.3, -0.25) is 0 Å². The normalized spacial score (nSPS) is 10.5. The van der Waals surface area contributed by atoms with Crippen LogP contribution in [0.15, 0.2) is 65.2 Å². The highest BCUT2D eigenvalue weighted by molar-refractivity contribution is 9.10. The Hall–Kier alpha value is -2.11. The SMILES string of the molecule is O=C(/C=C/C(=O)Oc1cccc(Cl)c1)Oc1ccc(Br)cc1. The van der Waals surface area contributed by atoms with Crippen molar-refractivity contribution in [1.82, 2.24) is 0 Å². The fraction of sp³-hybridized carbons (Fsp3) is 0. The zero-order valence-electron chi connectivity index (χ0n) is 11.2. The lowest BCUT2D eigenvalue weighted by Gasteiger charge is -2.02. The van der Waals surface area contributed by atoms with E-state index in [1.165, 1.54) is 6.07 Å². The minimum absolute atomic E-state index is 0.295. The first-order valence-corrected chi connectivity index (χ1v) is 7.33. The predicted molar refractivity (Wildman–Crippen MR) is 86.0 cm³/mol. The van der Waals surface area contributed by atoms with Crippen LogP contribution in [0.1, 0.15) is 0 Å². The molecule has 6 heteroatoms. The van der Waals surface area contributed by atoms with Gasteiger partial charge in [-0.05, 0) is 42.5 Å². The summed E-state index contributed by atoms with van der Waals surface area (Å²) in [5.41, 5.74) is 0. The Morgan fingerprint density at radius 1 is 0.909 bits per heavy atom. The summed E-state index contributed by atoms with van der Waals surface area (Å²) in [5.74, 6) is -0.704. The molecule has 112 valence electrons. The van der Waals surface area contributed by atoms with E-state index in [0.29, 0.717) is 16.5 Å². The number of halogens is 2. The summed E-state index contributed by atoms with van der Waals surface area (Å²) < 4.78 is 10.9. The van der Waals surface area contributed by atoms with Crippen molar-refractivity contribution in [3.63, 3.8) is 0 Å². The third kappa shape index (κ3) is 5.35. The lowest BCUT2D eigenvalue weighted by molar-refractivity contribution is -0.131. The number of rotatable bonds is 4. The molecule has 0 spiro atoms. The van der Waals surface area contributed by atoms with Gasteiger partial charge in [0.05, 0.1) is 0 Å². The average Bonchev–Trinajstić information content (AvgIpc) is 2.48. The molecule has 0 amide bonds. The second kappa shape index (κ2) is 7.77. The number of benzene rings is 2. The molecule has 0 bridgehead atoms. The Labute approximate surface area is 140 Å². The van der Waals surface area contributed by atoms with E-state index in [0.717, 1.165) is 16.6 Å². The molecule has 0 aromatic heterocycles. The number of esters is 2. The van der Waals surface area contributed by atoms with Crippen LogP contribution >= 0.6 is 27.5 Å². The lowest BCUT2D eigenvalue weighted by Crippen LogP contribution is -2.08. The second-order valence-electron chi connectivity index (χ2n) is 4.09. The summed E-state index contributed by atoms with van der Waals surface area (Å²) in [7, 11) is 0. The van der Waals surface area contributed by atoms with E-state index in [4.69, 9.17) is 21.1 Å². The summed E-state index contributed by atoms with van der Waals surface area (Å²) >= 11 is 9.04. The molecular weight excluding hydrogens is 372 g/mol. The summed E-state index contributed by atoms with van der Waals surface area (Å²) in [5, 5.41) is 0.448. The molecule has 0 aliphatic rings. The van der Waals surface area contributed by atoms with Crippen LogP contribution in [0.2, 0.25) is 5.02 Å². The molecule has 4 nitrogen and oxygen atoms in total. The standard InChI is InChI=1S/C16H10BrClO4/c17-11-4-6-13(7-5-11)21-15(19)8-9-16(20)22-14-3-1-2-12(18)10-14/h1-10H/b9-8+. The monoisotopic (exact) mass is 380 g/mol. The molecule has 0 aliphatic heterocycles. The summed E-state index contributed by atoms with van der Waals surface area (Å²) in [6.07, 6.45) is 1.98. The Morgan fingerprint density at radius 3 is 2.09 bits per heavy atom. The Bertz CT molecular complexity index is 710. The van der Waals surface area contributed by atoms with Crippen LogP contribution in [0.5, 0.6) is 11.5 Å². The maximum atomic E-state index is 11.6. The number of hydrogen-bond donors (Lipinski definition) is 0. The Morgan fingerprint density at radius 2 is 1.50 bits per heavy atom. The number of ether oxygens (including phenoxy) is 2. The van der Waals surface area contributed by atoms with E-state index in [1.807, 2.05) is 0 Å². The molecule has 0 saturated carbocycles. The summed E-state index contributed by atoms with van der Waals surface area (Å²) in [4.78, 5) is 23.1. The van der Waals surface area contributed by atoms with Crippen molar-refractivity contribution in [1.29, 1.82) is 0 Å². The fourth-order valence-corrected chi connectivity index (χ4v) is 1.91. The highest BCUT2D eigenvalue weighted by Gasteiger charge is 2.04. The van der Waals surface area contributed by atoms with Gasteiger partial charge in [-0.25, -0.2) is 9.59 Å². The lowest BCUT2D eigenvalue weighted by atomic mass is 10.3. The van der Waals surface area contributed by atoms with Gasteiger partial charge in [0.2, 0.25) is 0 Å². The topological polar surface area (TPSA) is 52.6 Å². The largest absolute Gasteiger partial charge is 0.423 e. The molecule has 2 rings (SSSR count). The van der Waals surface area contributed by atoms with Crippen LogP contribution in [0, 0.1) is 0 Å². The van der Waals surface area contributed by atoms with Gasteiger partial charge in [-0.15, -0.1) is 0 Å². The quantitative estimate of drug-likeness (QED) is 0.453. The molecule has 0 atom stereocenters. The van der Waals surface area contributed by atoms with Crippen LogP contribution < -0.4 is 9.47 Å². The molecule has 0 radical (unpaired) electrons. The Balaban J connectivity index is 1.89. The first-order valence-electron chi connectivity index (χ1n) is 6.16. The minimum Gasteiger partial charge on any atom is -0.423 e. The molecular formula is C16H10BrClO4. The molecule has 0 unspecified atom stereocenters. The highest BCUT2D eigenvalue weighted by atomic mass is 79.9. The predicted octanol–water partition coefficient (Wildman–Crippen LogP) is 4.17. The summed E-state index contributed by atoms with van der Waals surface area (Å²) in [6, 6.07) is 13.1. The van der Waals surface area contributed by atoms with Crippen LogP contribution in [0.3, 0.4) is 0 Å². The summed E-state index contributed by atoms with van der Waals surface area (Å²) in [6.45, 7) is 0. The molecule has 2 aromatic carbocycles. The maximum Gasteiger partial charge on any atom is 0.336 e. The number of hydrogen-bond acceptors (Lipinski definition) is 4. The van der Waals surface area contributed by atoms with Crippen molar-refractivity contribution < 1.29 is 19.1 Å². The molecule has 0 fully saturated rings. The first kappa shape index (κ1) is 16.3. The third-order valence-electron chi connectivity index (χ3n) is 2.40. The second-order valence-corrected chi connectivity index (χ2v) is 5.44. The Kier molecular flexibility index (Phi) is 5.75. The van der Waals surface area contributed by atoms with Crippen molar-refractivity contribution in [2.45, 2.75) is 0 Å². The van der Waals surface area contributed by atoms with Crippen molar-refractivity contribution >= 4 is 39.5 Å². The van der Waals surface area contributed by atoms with Gasteiger partial charge in [0.25, 0.3) is 0 Å². The van der Waals surface area contributed by atoms with E-state index in [9.17, 15) is 9.59 Å². The van der Waals surface area contributed by atoms with Crippen molar-refractivity contribution in [3.05, 3.63) is 70.2 Å². The van der Waals surface area contributed by atoms with Gasteiger partial charge in [0.15, 0.2) is 0 Å². The van der Waals surface area contributed by atoms with Crippen molar-refractivity contribution in [2.75, 3.05) is 0 Å². The van der Waals surface area contributed by atoms with Crippen LogP contribution in [0.25, 0.3) is 0 Å². The zero-order valence-corrected chi connectivity index (χ0v) is 13.5. The molecule has 22 heavy (non-hydrogen) atoms. The van der Waals surface area contributed by atoms with E-state index < -0.39 is 11.9 Å². The molecule has 0 saturated heterocycles. The van der Waals surface area contributed by atoms with Crippen LogP contribution in [0.4, 0.5) is 0 Å². The number of carbonyl (C=O) groups is 2. The van der Waals surface area contributed by atoms with Gasteiger partial charge >= 0.3 is 11.9 Å². The average molecular weight is 382 g/mol. The van der Waals surface area contributed by atoms with Gasteiger partial charge in [0, 0.05) is 21.6 Å². The van der Waals surface area contributed by atoms with E-state index in [2.05, 4.69) is 15.9 Å². The fourth-order valence-electron chi connectivity index (χ4n) is 1.47. The first-order chi connectivity index (χ1) is 10.5. The zero-order chi connectivity index (χ0) is 15.9. The molecule has 0 heterocycles. The van der Waals surface area contributed by atoms with E-state index >= 15 is 0 Å². The molecule has 2 aromatic rings. The van der Waals surface area contributed by atoms with Crippen molar-refractivity contribution in [3.8, 4) is 11.5 Å². The molecule has 0 aliphatic carbocycles. The maximum absolute atomic E-state index is 11.6. The minimum atomic E-state index is -0.699. The van der Waals surface area contributed by atoms with E-state index in [-0.39, 0.29) is 0 Å². The smallest absolute Gasteiger partial charge is 0.336 e. The molecule has 0 N–H and O–H groups in total. The van der Waals surface area contributed by atoms with Crippen molar-refractivity contribution in [2.24, 2.45) is 0 Å². The van der Waals surface area contributed by atoms with Gasteiger partial charge in [-0.1, -0.05) is 33.6 Å². The van der Waals surface area contributed by atoms with Gasteiger partial charge < -0.3 is 9.47 Å².